The van der Waals surface area contributed by atoms with Crippen molar-refractivity contribution >= 4 is 10.0 Å². The Morgan fingerprint density at radius 1 is 1.40 bits per heavy atom. The lowest BCUT2D eigenvalue weighted by Gasteiger charge is -2.34. The van der Waals surface area contributed by atoms with Crippen LogP contribution in [-0.2, 0) is 10.0 Å². The molecule has 0 bridgehead atoms. The van der Waals surface area contributed by atoms with Crippen LogP contribution in [0.4, 0.5) is 0 Å². The first kappa shape index (κ1) is 12.9. The van der Waals surface area contributed by atoms with E-state index in [-0.39, 0.29) is 0 Å². The zero-order valence-electron chi connectivity index (χ0n) is 9.86. The molecule has 1 heterocycles. The highest BCUT2D eigenvalue weighted by atomic mass is 32.2. The third kappa shape index (κ3) is 4.95. The Labute approximate surface area is 93.1 Å². The summed E-state index contributed by atoms with van der Waals surface area (Å²) in [6.45, 7) is 7.06. The number of hydrogen-bond acceptors (Lipinski definition) is 3. The summed E-state index contributed by atoms with van der Waals surface area (Å²) in [5, 5.41) is 0. The largest absolute Gasteiger partial charge is 0.299 e. The van der Waals surface area contributed by atoms with E-state index in [1.54, 1.807) is 0 Å². The molecule has 0 aromatic heterocycles. The van der Waals surface area contributed by atoms with Crippen molar-refractivity contribution in [3.05, 3.63) is 0 Å². The van der Waals surface area contributed by atoms with E-state index in [1.165, 1.54) is 19.1 Å². The van der Waals surface area contributed by atoms with Crippen LogP contribution in [0.5, 0.6) is 0 Å². The van der Waals surface area contributed by atoms with Gasteiger partial charge in [-0.15, -0.1) is 0 Å². The fourth-order valence-corrected chi connectivity index (χ4v) is 2.41. The van der Waals surface area contributed by atoms with Gasteiger partial charge in [-0.2, -0.15) is 0 Å². The molecule has 15 heavy (non-hydrogen) atoms. The number of hydrogen-bond donors (Lipinski definition) is 1. The monoisotopic (exact) mass is 234 g/mol. The maximum Gasteiger partial charge on any atom is 0.208 e. The minimum absolute atomic E-state index is 0.298. The zero-order valence-corrected chi connectivity index (χ0v) is 10.7. The second-order valence-electron chi connectivity index (χ2n) is 4.69. The molecule has 1 saturated heterocycles. The molecule has 5 heteroatoms. The van der Waals surface area contributed by atoms with Crippen LogP contribution in [0.3, 0.4) is 0 Å². The lowest BCUT2D eigenvalue weighted by atomic mass is 9.98. The van der Waals surface area contributed by atoms with Crippen LogP contribution in [0.2, 0.25) is 0 Å². The fraction of sp³-hybridized carbons (Fsp3) is 1.00. The third-order valence-electron chi connectivity index (χ3n) is 3.08. The summed E-state index contributed by atoms with van der Waals surface area (Å²) < 4.78 is 24.4. The van der Waals surface area contributed by atoms with E-state index in [1.807, 2.05) is 0 Å². The van der Waals surface area contributed by atoms with E-state index in [0.29, 0.717) is 12.6 Å². The number of likely N-dealkylation sites (tertiary alicyclic amines) is 1. The van der Waals surface area contributed by atoms with Crippen LogP contribution in [0.1, 0.15) is 26.7 Å². The van der Waals surface area contributed by atoms with Gasteiger partial charge < -0.3 is 0 Å². The van der Waals surface area contributed by atoms with Crippen LogP contribution < -0.4 is 4.72 Å². The predicted molar refractivity (Wildman–Crippen MR) is 62.3 cm³/mol. The number of sulfonamides is 1. The Morgan fingerprint density at radius 2 is 1.93 bits per heavy atom. The van der Waals surface area contributed by atoms with Crippen LogP contribution in [0.25, 0.3) is 0 Å². The summed E-state index contributed by atoms with van der Waals surface area (Å²) in [4.78, 5) is 2.36. The van der Waals surface area contributed by atoms with Gasteiger partial charge in [0.25, 0.3) is 0 Å². The lowest BCUT2D eigenvalue weighted by Crippen LogP contribution is -2.45. The minimum atomic E-state index is -3.05. The van der Waals surface area contributed by atoms with Gasteiger partial charge in [-0.25, -0.2) is 13.1 Å². The Morgan fingerprint density at radius 3 is 2.40 bits per heavy atom. The van der Waals surface area contributed by atoms with Crippen molar-refractivity contribution in [1.29, 1.82) is 0 Å². The van der Waals surface area contributed by atoms with Crippen molar-refractivity contribution in [1.82, 2.24) is 9.62 Å². The highest BCUT2D eigenvalue weighted by Crippen LogP contribution is 2.17. The Hall–Kier alpha value is -0.130. The van der Waals surface area contributed by atoms with Gasteiger partial charge >= 0.3 is 0 Å². The van der Waals surface area contributed by atoms with Crippen molar-refractivity contribution in [3.8, 4) is 0 Å². The summed E-state index contributed by atoms with van der Waals surface area (Å²) in [6.07, 6.45) is 3.66. The Bertz CT molecular complexity index is 282. The van der Waals surface area contributed by atoms with Crippen molar-refractivity contribution in [2.75, 3.05) is 25.9 Å². The highest BCUT2D eigenvalue weighted by Gasteiger charge is 2.20. The molecule has 1 aliphatic heterocycles. The van der Waals surface area contributed by atoms with E-state index >= 15 is 0 Å². The van der Waals surface area contributed by atoms with Gasteiger partial charge in [-0.3, -0.25) is 4.90 Å². The van der Waals surface area contributed by atoms with Gasteiger partial charge in [-0.05, 0) is 38.8 Å². The van der Waals surface area contributed by atoms with Gasteiger partial charge in [0, 0.05) is 12.6 Å². The average molecular weight is 234 g/mol. The molecule has 1 unspecified atom stereocenters. The molecule has 1 fully saturated rings. The molecule has 0 saturated carbocycles. The van der Waals surface area contributed by atoms with E-state index in [0.717, 1.165) is 19.0 Å². The van der Waals surface area contributed by atoms with E-state index in [2.05, 4.69) is 23.5 Å². The fourth-order valence-electron chi connectivity index (χ4n) is 1.87. The summed E-state index contributed by atoms with van der Waals surface area (Å²) in [5.74, 6) is 0.816. The molecule has 0 spiro atoms. The molecule has 4 nitrogen and oxygen atoms in total. The number of piperidine rings is 1. The third-order valence-corrected chi connectivity index (χ3v) is 3.77. The van der Waals surface area contributed by atoms with Crippen molar-refractivity contribution in [2.24, 2.45) is 5.92 Å². The SMILES string of the molecule is CC1CCN(C(C)CNS(C)(=O)=O)CC1. The zero-order chi connectivity index (χ0) is 11.5. The topological polar surface area (TPSA) is 49.4 Å². The van der Waals surface area contributed by atoms with Crippen molar-refractivity contribution < 1.29 is 8.42 Å². The normalized spacial score (nSPS) is 22.9. The molecule has 1 atom stereocenters. The standard InChI is InChI=1S/C10H22N2O2S/c1-9-4-6-12(7-5-9)10(2)8-11-15(3,13)14/h9-11H,4-8H2,1-3H3. The molecule has 0 aromatic carbocycles. The molecular formula is C10H22N2O2S. The average Bonchev–Trinajstić information content (AvgIpc) is 2.14. The molecule has 0 aromatic rings. The van der Waals surface area contributed by atoms with Crippen molar-refractivity contribution in [2.45, 2.75) is 32.7 Å². The summed E-state index contributed by atoms with van der Waals surface area (Å²) in [6, 6.07) is 0.298. The molecule has 1 rings (SSSR count). The second kappa shape index (κ2) is 5.27. The maximum absolute atomic E-state index is 10.9. The van der Waals surface area contributed by atoms with E-state index < -0.39 is 10.0 Å². The first-order chi connectivity index (χ1) is 6.88. The van der Waals surface area contributed by atoms with Gasteiger partial charge in [0.2, 0.25) is 10.0 Å². The summed E-state index contributed by atoms with van der Waals surface area (Å²) >= 11 is 0. The first-order valence-electron chi connectivity index (χ1n) is 5.57. The van der Waals surface area contributed by atoms with E-state index in [9.17, 15) is 8.42 Å². The van der Waals surface area contributed by atoms with Gasteiger partial charge in [0.15, 0.2) is 0 Å². The quantitative estimate of drug-likeness (QED) is 0.777. The van der Waals surface area contributed by atoms with Crippen molar-refractivity contribution in [3.63, 3.8) is 0 Å². The van der Waals surface area contributed by atoms with Crippen LogP contribution in [0, 0.1) is 5.92 Å². The van der Waals surface area contributed by atoms with Gasteiger partial charge in [0.1, 0.15) is 0 Å². The summed E-state index contributed by atoms with van der Waals surface area (Å²) in [5.41, 5.74) is 0. The number of nitrogens with one attached hydrogen (secondary N) is 1. The molecule has 90 valence electrons. The minimum Gasteiger partial charge on any atom is -0.299 e. The van der Waals surface area contributed by atoms with Crippen LogP contribution >= 0.6 is 0 Å². The lowest BCUT2D eigenvalue weighted by molar-refractivity contribution is 0.148. The van der Waals surface area contributed by atoms with E-state index in [4.69, 9.17) is 0 Å². The van der Waals surface area contributed by atoms with Crippen LogP contribution in [-0.4, -0.2) is 45.2 Å². The Kier molecular flexibility index (Phi) is 4.55. The number of nitrogens with zero attached hydrogens (tertiary/aromatic N) is 1. The predicted octanol–water partition coefficient (Wildman–Crippen LogP) is 0.656. The highest BCUT2D eigenvalue weighted by molar-refractivity contribution is 7.88. The number of rotatable bonds is 4. The first-order valence-corrected chi connectivity index (χ1v) is 7.46. The van der Waals surface area contributed by atoms with Crippen LogP contribution in [0.15, 0.2) is 0 Å². The molecule has 0 radical (unpaired) electrons. The summed E-state index contributed by atoms with van der Waals surface area (Å²) in [7, 11) is -3.05. The maximum atomic E-state index is 10.9. The second-order valence-corrected chi connectivity index (χ2v) is 6.52. The molecular weight excluding hydrogens is 212 g/mol. The molecule has 1 aliphatic rings. The van der Waals surface area contributed by atoms with Gasteiger partial charge in [0.05, 0.1) is 6.26 Å². The molecule has 1 N–H and O–H groups in total. The van der Waals surface area contributed by atoms with Gasteiger partial charge in [-0.1, -0.05) is 6.92 Å². The Balaban J connectivity index is 2.31. The molecule has 0 aliphatic carbocycles. The molecule has 0 amide bonds. The smallest absolute Gasteiger partial charge is 0.208 e.